The van der Waals surface area contributed by atoms with Gasteiger partial charge in [-0.25, -0.2) is 0 Å². The molecule has 2 aromatic heterocycles. The normalized spacial score (nSPS) is 10.9. The number of rotatable bonds is 7. The molecule has 0 bridgehead atoms. The number of aromatic nitrogens is 3. The minimum atomic E-state index is -0.448. The SMILES string of the molecule is Cc1onc(C(=O)Nc2cc(C)n(Cc3ccc(Cl)c(Cl)c3)n2)c1COc1cccc(Cl)c1. The number of halogens is 3. The molecule has 4 rings (SSSR count). The molecule has 0 unspecified atom stereocenters. The Morgan fingerprint density at radius 3 is 2.67 bits per heavy atom. The molecule has 0 radical (unpaired) electrons. The average molecular weight is 506 g/mol. The van der Waals surface area contributed by atoms with E-state index in [1.54, 1.807) is 54.1 Å². The van der Waals surface area contributed by atoms with E-state index in [1.165, 1.54) is 0 Å². The van der Waals surface area contributed by atoms with Crippen LogP contribution in [-0.4, -0.2) is 20.8 Å². The van der Waals surface area contributed by atoms with Crippen LogP contribution in [0.2, 0.25) is 15.1 Å². The fourth-order valence-corrected chi connectivity index (χ4v) is 3.67. The lowest BCUT2D eigenvalue weighted by atomic mass is 10.2. The van der Waals surface area contributed by atoms with E-state index in [4.69, 9.17) is 44.1 Å². The van der Waals surface area contributed by atoms with Crippen molar-refractivity contribution in [1.29, 1.82) is 0 Å². The first-order chi connectivity index (χ1) is 15.8. The molecule has 1 N–H and O–H groups in total. The molecule has 0 saturated heterocycles. The van der Waals surface area contributed by atoms with E-state index in [9.17, 15) is 4.79 Å². The summed E-state index contributed by atoms with van der Waals surface area (Å²) in [7, 11) is 0. The summed E-state index contributed by atoms with van der Waals surface area (Å²) in [6.07, 6.45) is 0. The molecular formula is C23H19Cl3N4O3. The predicted molar refractivity (Wildman–Crippen MR) is 128 cm³/mol. The van der Waals surface area contributed by atoms with E-state index in [2.05, 4.69) is 15.6 Å². The summed E-state index contributed by atoms with van der Waals surface area (Å²) in [6.45, 7) is 4.19. The first-order valence-corrected chi connectivity index (χ1v) is 11.1. The third-order valence-electron chi connectivity index (χ3n) is 4.92. The lowest BCUT2D eigenvalue weighted by molar-refractivity contribution is 0.101. The van der Waals surface area contributed by atoms with Gasteiger partial charge in [0.2, 0.25) is 0 Å². The lowest BCUT2D eigenvalue weighted by Crippen LogP contribution is -2.16. The molecule has 4 aromatic rings. The molecule has 0 aliphatic carbocycles. The highest BCUT2D eigenvalue weighted by Crippen LogP contribution is 2.24. The van der Waals surface area contributed by atoms with Crippen molar-refractivity contribution >= 4 is 46.5 Å². The predicted octanol–water partition coefficient (Wildman–Crippen LogP) is 6.33. The van der Waals surface area contributed by atoms with Crippen LogP contribution in [0, 0.1) is 13.8 Å². The number of anilines is 1. The summed E-state index contributed by atoms with van der Waals surface area (Å²) in [4.78, 5) is 12.9. The molecule has 33 heavy (non-hydrogen) atoms. The second-order valence-corrected chi connectivity index (χ2v) is 8.59. The minimum Gasteiger partial charge on any atom is -0.489 e. The van der Waals surface area contributed by atoms with Gasteiger partial charge in [0.25, 0.3) is 5.91 Å². The van der Waals surface area contributed by atoms with Crippen LogP contribution >= 0.6 is 34.8 Å². The van der Waals surface area contributed by atoms with E-state index < -0.39 is 5.91 Å². The lowest BCUT2D eigenvalue weighted by Gasteiger charge is -2.07. The highest BCUT2D eigenvalue weighted by atomic mass is 35.5. The van der Waals surface area contributed by atoms with Crippen LogP contribution in [0.1, 0.15) is 33.1 Å². The molecule has 10 heteroatoms. The summed E-state index contributed by atoms with van der Waals surface area (Å²) >= 11 is 18.1. The molecule has 0 saturated carbocycles. The number of ether oxygens (including phenoxy) is 1. The Morgan fingerprint density at radius 2 is 1.91 bits per heavy atom. The maximum atomic E-state index is 12.9. The minimum absolute atomic E-state index is 0.100. The van der Waals surface area contributed by atoms with Crippen LogP contribution in [0.15, 0.2) is 53.1 Å². The molecular weight excluding hydrogens is 487 g/mol. The Balaban J connectivity index is 1.46. The van der Waals surface area contributed by atoms with Crippen LogP contribution < -0.4 is 10.1 Å². The van der Waals surface area contributed by atoms with E-state index in [-0.39, 0.29) is 12.3 Å². The Hall–Kier alpha value is -3.00. The summed E-state index contributed by atoms with van der Waals surface area (Å²) in [5.41, 5.74) is 2.46. The quantitative estimate of drug-likeness (QED) is 0.317. The fraction of sp³-hybridized carbons (Fsp3) is 0.174. The Labute approximate surface area is 205 Å². The number of nitrogens with zero attached hydrogens (tertiary/aromatic N) is 3. The van der Waals surface area contributed by atoms with E-state index in [0.29, 0.717) is 44.5 Å². The molecule has 0 aliphatic heterocycles. The molecule has 0 spiro atoms. The molecule has 0 aliphatic rings. The van der Waals surface area contributed by atoms with Crippen molar-refractivity contribution in [2.75, 3.05) is 5.32 Å². The molecule has 0 fully saturated rings. The Bertz CT molecular complexity index is 1320. The van der Waals surface area contributed by atoms with Gasteiger partial charge < -0.3 is 14.6 Å². The summed E-state index contributed by atoms with van der Waals surface area (Å²) in [6, 6.07) is 14.2. The molecule has 0 atom stereocenters. The maximum Gasteiger partial charge on any atom is 0.279 e. The van der Waals surface area contributed by atoms with Crippen molar-refractivity contribution in [2.24, 2.45) is 0 Å². The fourth-order valence-electron chi connectivity index (χ4n) is 3.17. The van der Waals surface area contributed by atoms with Gasteiger partial charge in [-0.05, 0) is 49.7 Å². The van der Waals surface area contributed by atoms with Crippen molar-refractivity contribution in [3.63, 3.8) is 0 Å². The van der Waals surface area contributed by atoms with Gasteiger partial charge in [-0.1, -0.05) is 52.1 Å². The number of carbonyl (C=O) groups is 1. The zero-order chi connectivity index (χ0) is 23.5. The highest BCUT2D eigenvalue weighted by Gasteiger charge is 2.21. The largest absolute Gasteiger partial charge is 0.489 e. The summed E-state index contributed by atoms with van der Waals surface area (Å²) in [5.74, 6) is 1.00. The smallest absolute Gasteiger partial charge is 0.279 e. The zero-order valence-electron chi connectivity index (χ0n) is 17.7. The van der Waals surface area contributed by atoms with Crippen LogP contribution in [0.5, 0.6) is 5.75 Å². The van der Waals surface area contributed by atoms with Crippen molar-refractivity contribution < 1.29 is 14.1 Å². The van der Waals surface area contributed by atoms with Crippen LogP contribution in [-0.2, 0) is 13.2 Å². The second-order valence-electron chi connectivity index (χ2n) is 7.34. The number of benzene rings is 2. The second kappa shape index (κ2) is 9.87. The van der Waals surface area contributed by atoms with Crippen molar-refractivity contribution in [1.82, 2.24) is 14.9 Å². The number of hydrogen-bond acceptors (Lipinski definition) is 5. The topological polar surface area (TPSA) is 82.2 Å². The maximum absolute atomic E-state index is 12.9. The van der Waals surface area contributed by atoms with Gasteiger partial charge >= 0.3 is 0 Å². The van der Waals surface area contributed by atoms with Crippen molar-refractivity contribution in [2.45, 2.75) is 27.0 Å². The van der Waals surface area contributed by atoms with Gasteiger partial charge in [-0.2, -0.15) is 5.10 Å². The third-order valence-corrected chi connectivity index (χ3v) is 5.89. The highest BCUT2D eigenvalue weighted by molar-refractivity contribution is 6.42. The molecule has 1 amide bonds. The van der Waals surface area contributed by atoms with Crippen LogP contribution in [0.25, 0.3) is 0 Å². The number of hydrogen-bond donors (Lipinski definition) is 1. The van der Waals surface area contributed by atoms with Gasteiger partial charge in [0, 0.05) is 16.8 Å². The van der Waals surface area contributed by atoms with Crippen molar-refractivity contribution in [3.8, 4) is 5.75 Å². The molecule has 2 heterocycles. The van der Waals surface area contributed by atoms with Crippen LogP contribution in [0.3, 0.4) is 0 Å². The average Bonchev–Trinajstić information content (AvgIpc) is 3.31. The van der Waals surface area contributed by atoms with Gasteiger partial charge in [0.1, 0.15) is 18.1 Å². The Morgan fingerprint density at radius 1 is 1.09 bits per heavy atom. The molecule has 170 valence electrons. The van der Waals surface area contributed by atoms with Gasteiger partial charge in [-0.3, -0.25) is 9.48 Å². The monoisotopic (exact) mass is 504 g/mol. The van der Waals surface area contributed by atoms with Gasteiger partial charge in [0.15, 0.2) is 11.5 Å². The summed E-state index contributed by atoms with van der Waals surface area (Å²) in [5, 5.41) is 12.7. The number of nitrogens with one attached hydrogen (secondary N) is 1. The number of amides is 1. The third kappa shape index (κ3) is 5.50. The van der Waals surface area contributed by atoms with Gasteiger partial charge in [0.05, 0.1) is 22.2 Å². The zero-order valence-corrected chi connectivity index (χ0v) is 20.0. The number of aryl methyl sites for hydroxylation is 2. The van der Waals surface area contributed by atoms with E-state index in [1.807, 2.05) is 13.0 Å². The van der Waals surface area contributed by atoms with E-state index >= 15 is 0 Å². The first-order valence-electron chi connectivity index (χ1n) is 9.93. The van der Waals surface area contributed by atoms with E-state index in [0.717, 1.165) is 11.3 Å². The van der Waals surface area contributed by atoms with Crippen LogP contribution in [0.4, 0.5) is 5.82 Å². The van der Waals surface area contributed by atoms with Gasteiger partial charge in [-0.15, -0.1) is 0 Å². The standard InChI is InChI=1S/C23H19Cl3N4O3/c1-13-8-21(28-30(13)11-15-6-7-19(25)20(26)9-15)27-23(31)22-18(14(2)33-29-22)12-32-17-5-3-4-16(24)10-17/h3-10H,11-12H2,1-2H3,(H,27,28,31). The Kier molecular flexibility index (Phi) is 6.93. The molecule has 2 aromatic carbocycles. The van der Waals surface area contributed by atoms with Crippen molar-refractivity contribution in [3.05, 3.63) is 91.9 Å². The summed E-state index contributed by atoms with van der Waals surface area (Å²) < 4.78 is 12.7. The molecule has 7 nitrogen and oxygen atoms in total. The first kappa shape index (κ1) is 23.2. The number of carbonyl (C=O) groups excluding carboxylic acids is 1.